The average molecular weight is 327 g/mol. The summed E-state index contributed by atoms with van der Waals surface area (Å²) in [4.78, 5) is 26.7. The van der Waals surface area contributed by atoms with E-state index >= 15 is 0 Å². The SMILES string of the molecule is C[C@@H]1CC[C@H]2C(=O)N(c3ccc(-c4csnn4)cc3)C(=O)[C@@H]2C1. The van der Waals surface area contributed by atoms with E-state index in [0.29, 0.717) is 11.6 Å². The summed E-state index contributed by atoms with van der Waals surface area (Å²) in [5.74, 6) is 0.201. The fraction of sp³-hybridized carbons (Fsp3) is 0.412. The van der Waals surface area contributed by atoms with Gasteiger partial charge in [0.15, 0.2) is 0 Å². The van der Waals surface area contributed by atoms with Gasteiger partial charge in [-0.25, -0.2) is 0 Å². The summed E-state index contributed by atoms with van der Waals surface area (Å²) in [6, 6.07) is 7.42. The molecule has 4 rings (SSSR count). The smallest absolute Gasteiger partial charge is 0.237 e. The molecule has 118 valence electrons. The maximum atomic E-state index is 12.7. The zero-order valence-corrected chi connectivity index (χ0v) is 13.6. The van der Waals surface area contributed by atoms with Crippen LogP contribution in [-0.4, -0.2) is 21.4 Å². The van der Waals surface area contributed by atoms with Gasteiger partial charge in [0.05, 0.1) is 17.5 Å². The van der Waals surface area contributed by atoms with Gasteiger partial charge >= 0.3 is 0 Å². The molecule has 5 nitrogen and oxygen atoms in total. The highest BCUT2D eigenvalue weighted by molar-refractivity contribution is 7.03. The molecule has 1 aliphatic heterocycles. The molecule has 23 heavy (non-hydrogen) atoms. The van der Waals surface area contributed by atoms with Crippen molar-refractivity contribution in [2.45, 2.75) is 26.2 Å². The summed E-state index contributed by atoms with van der Waals surface area (Å²) in [5.41, 5.74) is 2.41. The van der Waals surface area contributed by atoms with Crippen LogP contribution < -0.4 is 4.90 Å². The highest BCUT2D eigenvalue weighted by Crippen LogP contribution is 2.42. The molecule has 0 radical (unpaired) electrons. The van der Waals surface area contributed by atoms with Gasteiger partial charge in [0.2, 0.25) is 11.8 Å². The second kappa shape index (κ2) is 5.53. The molecule has 1 aromatic heterocycles. The summed E-state index contributed by atoms with van der Waals surface area (Å²) in [5, 5.41) is 5.90. The first-order chi connectivity index (χ1) is 11.1. The van der Waals surface area contributed by atoms with Crippen molar-refractivity contribution in [3.63, 3.8) is 0 Å². The predicted octanol–water partition coefficient (Wildman–Crippen LogP) is 3.13. The molecule has 0 N–H and O–H groups in total. The van der Waals surface area contributed by atoms with Crippen LogP contribution in [0.3, 0.4) is 0 Å². The molecule has 0 bridgehead atoms. The Bertz CT molecular complexity index is 742. The lowest BCUT2D eigenvalue weighted by Gasteiger charge is -2.25. The molecular formula is C17H17N3O2S. The van der Waals surface area contributed by atoms with E-state index in [1.165, 1.54) is 16.4 Å². The highest BCUT2D eigenvalue weighted by atomic mass is 32.1. The van der Waals surface area contributed by atoms with E-state index in [4.69, 9.17) is 0 Å². The Morgan fingerprint density at radius 3 is 2.52 bits per heavy atom. The first-order valence-corrected chi connectivity index (χ1v) is 8.74. The number of amides is 2. The lowest BCUT2D eigenvalue weighted by Crippen LogP contribution is -2.30. The van der Waals surface area contributed by atoms with Crippen molar-refractivity contribution in [1.29, 1.82) is 0 Å². The van der Waals surface area contributed by atoms with Crippen molar-refractivity contribution in [1.82, 2.24) is 9.59 Å². The van der Waals surface area contributed by atoms with Gasteiger partial charge in [-0.15, -0.1) is 5.10 Å². The molecule has 1 aromatic carbocycles. The minimum Gasteiger partial charge on any atom is -0.274 e. The van der Waals surface area contributed by atoms with Crippen molar-refractivity contribution >= 4 is 29.0 Å². The number of benzene rings is 1. The third kappa shape index (κ3) is 2.37. The van der Waals surface area contributed by atoms with Gasteiger partial charge < -0.3 is 0 Å². The summed E-state index contributed by atoms with van der Waals surface area (Å²) in [6.07, 6.45) is 2.69. The second-order valence-corrected chi connectivity index (χ2v) is 7.09. The van der Waals surface area contributed by atoms with E-state index in [1.807, 2.05) is 29.6 Å². The topological polar surface area (TPSA) is 63.2 Å². The van der Waals surface area contributed by atoms with Crippen LogP contribution in [0.5, 0.6) is 0 Å². The van der Waals surface area contributed by atoms with Gasteiger partial charge in [-0.1, -0.05) is 23.5 Å². The molecule has 0 unspecified atom stereocenters. The Hall–Kier alpha value is -2.08. The number of anilines is 1. The van der Waals surface area contributed by atoms with Crippen LogP contribution in [0.4, 0.5) is 5.69 Å². The molecule has 1 saturated carbocycles. The lowest BCUT2D eigenvalue weighted by atomic mass is 9.76. The number of rotatable bonds is 2. The maximum Gasteiger partial charge on any atom is 0.237 e. The molecule has 2 fully saturated rings. The molecule has 6 heteroatoms. The van der Waals surface area contributed by atoms with Crippen LogP contribution in [0, 0.1) is 17.8 Å². The van der Waals surface area contributed by atoms with Crippen LogP contribution in [0.1, 0.15) is 26.2 Å². The first-order valence-electron chi connectivity index (χ1n) is 7.90. The van der Waals surface area contributed by atoms with Crippen LogP contribution in [0.25, 0.3) is 11.3 Å². The molecule has 2 aromatic rings. The number of aromatic nitrogens is 2. The fourth-order valence-corrected chi connectivity index (χ4v) is 4.18. The normalized spacial score (nSPS) is 27.3. The zero-order valence-electron chi connectivity index (χ0n) is 12.8. The molecule has 2 amide bonds. The highest BCUT2D eigenvalue weighted by Gasteiger charge is 2.49. The third-order valence-corrected chi connectivity index (χ3v) is 5.47. The van der Waals surface area contributed by atoms with E-state index in [2.05, 4.69) is 16.5 Å². The molecule has 1 saturated heterocycles. The third-order valence-electron chi connectivity index (χ3n) is 4.97. The largest absolute Gasteiger partial charge is 0.274 e. The minimum atomic E-state index is -0.131. The van der Waals surface area contributed by atoms with E-state index in [-0.39, 0.29) is 23.7 Å². The average Bonchev–Trinajstić information content (AvgIpc) is 3.16. The summed E-state index contributed by atoms with van der Waals surface area (Å²) in [6.45, 7) is 2.16. The standard InChI is InChI=1S/C17H17N3O2S/c1-10-2-7-13-14(8-10)17(22)20(16(13)21)12-5-3-11(4-6-12)15-9-23-19-18-15/h3-6,9-10,13-14H,2,7-8H2,1H3/t10-,13-,14-/m1/s1. The molecular weight excluding hydrogens is 310 g/mol. The van der Waals surface area contributed by atoms with Gasteiger partial charge in [-0.05, 0) is 48.8 Å². The second-order valence-electron chi connectivity index (χ2n) is 6.48. The van der Waals surface area contributed by atoms with Crippen molar-refractivity contribution in [3.8, 4) is 11.3 Å². The number of carbonyl (C=O) groups excluding carboxylic acids is 2. The molecule has 2 heterocycles. The molecule has 3 atom stereocenters. The monoisotopic (exact) mass is 327 g/mol. The van der Waals surface area contributed by atoms with Crippen molar-refractivity contribution in [2.24, 2.45) is 17.8 Å². The van der Waals surface area contributed by atoms with Gasteiger partial charge in [-0.2, -0.15) is 0 Å². The minimum absolute atomic E-state index is 0.0324. The fourth-order valence-electron chi connectivity index (χ4n) is 3.72. The van der Waals surface area contributed by atoms with E-state index in [9.17, 15) is 9.59 Å². The zero-order chi connectivity index (χ0) is 16.0. The van der Waals surface area contributed by atoms with Crippen LogP contribution in [0.2, 0.25) is 0 Å². The van der Waals surface area contributed by atoms with Crippen molar-refractivity contribution < 1.29 is 9.59 Å². The van der Waals surface area contributed by atoms with Crippen molar-refractivity contribution in [2.75, 3.05) is 4.90 Å². The van der Waals surface area contributed by atoms with Crippen LogP contribution in [-0.2, 0) is 9.59 Å². The summed E-state index contributed by atoms with van der Waals surface area (Å²) < 4.78 is 3.85. The van der Waals surface area contributed by atoms with Gasteiger partial charge in [0, 0.05) is 10.9 Å². The predicted molar refractivity (Wildman–Crippen MR) is 87.8 cm³/mol. The van der Waals surface area contributed by atoms with Gasteiger partial charge in [0.1, 0.15) is 5.69 Å². The number of carbonyl (C=O) groups is 2. The molecule has 0 spiro atoms. The van der Waals surface area contributed by atoms with E-state index in [0.717, 1.165) is 30.5 Å². The van der Waals surface area contributed by atoms with Crippen LogP contribution >= 0.6 is 11.5 Å². The quantitative estimate of drug-likeness (QED) is 0.795. The Morgan fingerprint density at radius 2 is 1.83 bits per heavy atom. The maximum absolute atomic E-state index is 12.7. The van der Waals surface area contributed by atoms with Gasteiger partial charge in [0.25, 0.3) is 0 Å². The number of fused-ring (bicyclic) bond motifs is 1. The summed E-state index contributed by atoms with van der Waals surface area (Å²) >= 11 is 1.30. The van der Waals surface area contributed by atoms with Gasteiger partial charge in [-0.3, -0.25) is 14.5 Å². The Morgan fingerprint density at radius 1 is 1.09 bits per heavy atom. The first kappa shape index (κ1) is 14.5. The Kier molecular flexibility index (Phi) is 3.49. The molecule has 2 aliphatic rings. The number of nitrogens with zero attached hydrogens (tertiary/aromatic N) is 3. The number of imide groups is 1. The van der Waals surface area contributed by atoms with Crippen molar-refractivity contribution in [3.05, 3.63) is 29.6 Å². The Labute approximate surface area is 138 Å². The summed E-state index contributed by atoms with van der Waals surface area (Å²) in [7, 11) is 0. The van der Waals surface area contributed by atoms with E-state index < -0.39 is 0 Å². The molecule has 1 aliphatic carbocycles. The Balaban J connectivity index is 1.62. The van der Waals surface area contributed by atoms with E-state index in [1.54, 1.807) is 0 Å². The lowest BCUT2D eigenvalue weighted by molar-refractivity contribution is -0.122. The van der Waals surface area contributed by atoms with Crippen LogP contribution in [0.15, 0.2) is 29.6 Å². The number of hydrogen-bond donors (Lipinski definition) is 0. The number of hydrogen-bond acceptors (Lipinski definition) is 5.